The van der Waals surface area contributed by atoms with Crippen molar-refractivity contribution in [2.75, 3.05) is 0 Å². The number of aryl methyl sites for hydroxylation is 2. The molecule has 0 bridgehead atoms. The van der Waals surface area contributed by atoms with Gasteiger partial charge >= 0.3 is 6.16 Å². The summed E-state index contributed by atoms with van der Waals surface area (Å²) in [5.74, 6) is 1.85. The van der Waals surface area contributed by atoms with Crippen LogP contribution < -0.4 is 9.47 Å². The Morgan fingerprint density at radius 3 is 1.93 bits per heavy atom. The zero-order chi connectivity index (χ0) is 28.3. The van der Waals surface area contributed by atoms with Crippen molar-refractivity contribution in [3.05, 3.63) is 101 Å². The summed E-state index contributed by atoms with van der Waals surface area (Å²) in [5, 5.41) is 24.7. The van der Waals surface area contributed by atoms with Crippen LogP contribution in [0.5, 0.6) is 28.7 Å². The van der Waals surface area contributed by atoms with Crippen molar-refractivity contribution in [3.8, 4) is 28.7 Å². The first kappa shape index (κ1) is 25.6. The zero-order valence-corrected chi connectivity index (χ0v) is 23.0. The Balaban J connectivity index is 1.62. The number of carbonyl (C=O) groups is 1. The average molecular weight is 535 g/mol. The minimum absolute atomic E-state index is 0.162. The first-order chi connectivity index (χ1) is 19.0. The first-order valence-corrected chi connectivity index (χ1v) is 13.2. The third-order valence-electron chi connectivity index (χ3n) is 7.24. The molecule has 1 unspecified atom stereocenters. The van der Waals surface area contributed by atoms with Gasteiger partial charge in [-0.2, -0.15) is 0 Å². The Bertz CT molecular complexity index is 1810. The van der Waals surface area contributed by atoms with Gasteiger partial charge in [0.25, 0.3) is 0 Å². The maximum absolute atomic E-state index is 12.5. The van der Waals surface area contributed by atoms with Crippen molar-refractivity contribution in [2.24, 2.45) is 0 Å². The Morgan fingerprint density at radius 1 is 0.775 bits per heavy atom. The largest absolute Gasteiger partial charge is 0.514 e. The number of aromatic hydroxyl groups is 2. The van der Waals surface area contributed by atoms with Crippen LogP contribution in [0.25, 0.3) is 21.5 Å². The number of hydrogen-bond acceptors (Lipinski definition) is 6. The Kier molecular flexibility index (Phi) is 5.88. The minimum atomic E-state index is -0.777. The van der Waals surface area contributed by atoms with Crippen molar-refractivity contribution >= 4 is 27.7 Å². The number of benzene rings is 5. The Labute approximate surface area is 232 Å². The number of phenolic OH excluding ortho intramolecular Hbond substituents is 2. The molecular weight excluding hydrogens is 504 g/mol. The molecule has 6 heteroatoms. The number of rotatable bonds is 2. The lowest BCUT2D eigenvalue weighted by atomic mass is 9.77. The van der Waals surface area contributed by atoms with Crippen molar-refractivity contribution in [2.45, 2.75) is 46.1 Å². The summed E-state index contributed by atoms with van der Waals surface area (Å²) < 4.78 is 17.4. The lowest BCUT2D eigenvalue weighted by molar-refractivity contribution is 0.0206. The lowest BCUT2D eigenvalue weighted by Gasteiger charge is -2.31. The normalized spacial score (nSPS) is 14.4. The summed E-state index contributed by atoms with van der Waals surface area (Å²) in [5.41, 5.74) is 3.64. The van der Waals surface area contributed by atoms with E-state index in [2.05, 4.69) is 0 Å². The fourth-order valence-corrected chi connectivity index (χ4v) is 5.57. The van der Waals surface area contributed by atoms with E-state index >= 15 is 0 Å². The van der Waals surface area contributed by atoms with Crippen molar-refractivity contribution < 1.29 is 29.2 Å². The van der Waals surface area contributed by atoms with Crippen LogP contribution in [-0.2, 0) is 4.74 Å². The van der Waals surface area contributed by atoms with Crippen LogP contribution in [-0.4, -0.2) is 22.0 Å². The second kappa shape index (κ2) is 9.19. The molecule has 40 heavy (non-hydrogen) atoms. The minimum Gasteiger partial charge on any atom is -0.508 e. The number of hydrogen-bond donors (Lipinski definition) is 2. The van der Waals surface area contributed by atoms with Gasteiger partial charge < -0.3 is 24.4 Å². The molecule has 6 rings (SSSR count). The highest BCUT2D eigenvalue weighted by atomic mass is 16.7. The second-order valence-corrected chi connectivity index (χ2v) is 11.3. The Hall–Kier alpha value is -4.71. The summed E-state index contributed by atoms with van der Waals surface area (Å²) in [6, 6.07) is 22.7. The van der Waals surface area contributed by atoms with Crippen LogP contribution in [0.2, 0.25) is 0 Å². The smallest absolute Gasteiger partial charge is 0.508 e. The van der Waals surface area contributed by atoms with Crippen LogP contribution >= 0.6 is 0 Å². The molecule has 0 aliphatic carbocycles. The van der Waals surface area contributed by atoms with Gasteiger partial charge in [0.1, 0.15) is 34.3 Å². The van der Waals surface area contributed by atoms with Crippen LogP contribution in [0.3, 0.4) is 0 Å². The molecule has 1 heterocycles. The van der Waals surface area contributed by atoms with Gasteiger partial charge in [0, 0.05) is 17.0 Å². The highest BCUT2D eigenvalue weighted by Crippen LogP contribution is 2.53. The molecule has 0 amide bonds. The molecule has 1 aliphatic rings. The third-order valence-corrected chi connectivity index (χ3v) is 7.24. The molecule has 1 aliphatic heterocycles. The van der Waals surface area contributed by atoms with Crippen molar-refractivity contribution in [1.29, 1.82) is 0 Å². The topological polar surface area (TPSA) is 85.2 Å². The second-order valence-electron chi connectivity index (χ2n) is 11.3. The van der Waals surface area contributed by atoms with Gasteiger partial charge in [0.05, 0.1) is 0 Å². The van der Waals surface area contributed by atoms with Gasteiger partial charge in [0.2, 0.25) is 0 Å². The van der Waals surface area contributed by atoms with Crippen molar-refractivity contribution in [3.63, 3.8) is 0 Å². The van der Waals surface area contributed by atoms with Gasteiger partial charge in [-0.1, -0.05) is 36.4 Å². The predicted molar refractivity (Wildman–Crippen MR) is 155 cm³/mol. The number of ether oxygens (including phenoxy) is 3. The lowest BCUT2D eigenvalue weighted by Crippen LogP contribution is -2.25. The maximum Gasteiger partial charge on any atom is 0.514 e. The molecule has 5 aromatic rings. The van der Waals surface area contributed by atoms with E-state index < -0.39 is 11.8 Å². The maximum atomic E-state index is 12.5. The van der Waals surface area contributed by atoms with E-state index in [0.717, 1.165) is 49.4 Å². The highest BCUT2D eigenvalue weighted by molar-refractivity contribution is 5.96. The molecule has 0 aromatic heterocycles. The molecule has 0 saturated carbocycles. The van der Waals surface area contributed by atoms with E-state index in [1.54, 1.807) is 39.0 Å². The molecule has 0 fully saturated rings. The van der Waals surface area contributed by atoms with Crippen LogP contribution in [0.4, 0.5) is 4.79 Å². The number of phenols is 2. The number of fused-ring (bicyclic) bond motifs is 6. The summed E-state index contributed by atoms with van der Waals surface area (Å²) in [7, 11) is 0. The van der Waals surface area contributed by atoms with Crippen LogP contribution in [0.1, 0.15) is 54.5 Å². The monoisotopic (exact) mass is 534 g/mol. The van der Waals surface area contributed by atoms with E-state index in [1.807, 2.05) is 68.4 Å². The summed E-state index contributed by atoms with van der Waals surface area (Å²) >= 11 is 0. The van der Waals surface area contributed by atoms with E-state index in [1.165, 1.54) is 0 Å². The van der Waals surface area contributed by atoms with Crippen LogP contribution in [0, 0.1) is 13.8 Å². The number of carbonyl (C=O) groups excluding carboxylic acids is 1. The summed E-state index contributed by atoms with van der Waals surface area (Å²) in [4.78, 5) is 12.5. The van der Waals surface area contributed by atoms with Gasteiger partial charge in [-0.15, -0.1) is 0 Å². The van der Waals surface area contributed by atoms with E-state index in [9.17, 15) is 15.0 Å². The van der Waals surface area contributed by atoms with Gasteiger partial charge in [0.15, 0.2) is 0 Å². The molecule has 5 aromatic carbocycles. The van der Waals surface area contributed by atoms with E-state index in [0.29, 0.717) is 17.2 Å². The molecule has 6 nitrogen and oxygen atoms in total. The van der Waals surface area contributed by atoms with E-state index in [4.69, 9.17) is 14.2 Å². The summed E-state index contributed by atoms with van der Waals surface area (Å²) in [6.07, 6.45) is -0.777. The molecule has 202 valence electrons. The quantitative estimate of drug-likeness (QED) is 0.171. The average Bonchev–Trinajstić information content (AvgIpc) is 2.88. The molecular formula is C34H30O6. The molecule has 1 atom stereocenters. The third kappa shape index (κ3) is 4.45. The molecule has 2 N–H and O–H groups in total. The SMILES string of the molecule is Cc1cc(C2c3c(ccc4ccc(O)cc34)Oc3ccc4ccc(OC(=O)OC(C)(C)C)cc4c32)cc(C)c1O. The summed E-state index contributed by atoms with van der Waals surface area (Å²) in [6.45, 7) is 9.13. The van der Waals surface area contributed by atoms with Gasteiger partial charge in [-0.3, -0.25) is 0 Å². The highest BCUT2D eigenvalue weighted by Gasteiger charge is 2.33. The molecule has 0 spiro atoms. The van der Waals surface area contributed by atoms with Gasteiger partial charge in [-0.05, 0) is 109 Å². The van der Waals surface area contributed by atoms with Gasteiger partial charge in [-0.25, -0.2) is 4.79 Å². The molecule has 0 saturated heterocycles. The zero-order valence-electron chi connectivity index (χ0n) is 23.0. The standard InChI is InChI=1S/C34H30O6/c1-18-14-22(15-19(2)32(18)36)29-30-25-16-23(35)10-6-20(25)8-12-27(30)39-28-13-9-21-7-11-24(17-26(21)31(28)29)38-33(37)40-34(3,4)5/h6-17,29,35-36H,1-5H3. The fourth-order valence-electron chi connectivity index (χ4n) is 5.57. The fraction of sp³-hybridized carbons (Fsp3) is 0.206. The van der Waals surface area contributed by atoms with Crippen LogP contribution in [0.15, 0.2) is 72.8 Å². The Morgan fingerprint density at radius 2 is 1.32 bits per heavy atom. The van der Waals surface area contributed by atoms with Crippen molar-refractivity contribution in [1.82, 2.24) is 0 Å². The predicted octanol–water partition coefficient (Wildman–Crippen LogP) is 8.62. The van der Waals surface area contributed by atoms with E-state index in [-0.39, 0.29) is 17.4 Å². The molecule has 0 radical (unpaired) electrons. The first-order valence-electron chi connectivity index (χ1n) is 13.2.